The number of hydrogen-bond donors (Lipinski definition) is 2. The van der Waals surface area contributed by atoms with Crippen LogP contribution in [-0.2, 0) is 6.61 Å². The molecule has 0 aliphatic carbocycles. The number of aromatic carboxylic acids is 1. The van der Waals surface area contributed by atoms with E-state index in [2.05, 4.69) is 0 Å². The minimum Gasteiger partial charge on any atom is -0.488 e. The van der Waals surface area contributed by atoms with Gasteiger partial charge in [0.2, 0.25) is 5.91 Å². The molecule has 1 amide bonds. The molecule has 174 valence electrons. The summed E-state index contributed by atoms with van der Waals surface area (Å²) < 4.78 is 12.4. The molecule has 1 aliphatic rings. The monoisotopic (exact) mass is 459 g/mol. The summed E-state index contributed by atoms with van der Waals surface area (Å²) in [6.07, 6.45) is -0.297. The van der Waals surface area contributed by atoms with Gasteiger partial charge in [0.25, 0.3) is 0 Å². The Labute approximate surface area is 197 Å². The molecule has 3 N–H and O–H groups in total. The molecule has 0 radical (unpaired) electrons. The van der Waals surface area contributed by atoms with Gasteiger partial charge in [-0.25, -0.2) is 4.79 Å². The van der Waals surface area contributed by atoms with E-state index in [1.165, 1.54) is 12.1 Å². The van der Waals surface area contributed by atoms with Crippen molar-refractivity contribution in [2.75, 3.05) is 0 Å². The Bertz CT molecular complexity index is 1250. The predicted octanol–water partition coefficient (Wildman–Crippen LogP) is 4.89. The van der Waals surface area contributed by atoms with Crippen molar-refractivity contribution in [3.05, 3.63) is 94.0 Å². The van der Waals surface area contributed by atoms with E-state index in [-0.39, 0.29) is 30.3 Å². The van der Waals surface area contributed by atoms with Crippen molar-refractivity contribution in [2.24, 2.45) is 5.73 Å². The Morgan fingerprint density at radius 2 is 1.68 bits per heavy atom. The molecule has 0 spiro atoms. The van der Waals surface area contributed by atoms with Gasteiger partial charge in [-0.2, -0.15) is 0 Å². The van der Waals surface area contributed by atoms with E-state index in [4.69, 9.17) is 20.3 Å². The maximum Gasteiger partial charge on any atom is 0.335 e. The number of ether oxygens (including phenoxy) is 2. The summed E-state index contributed by atoms with van der Waals surface area (Å²) in [4.78, 5) is 35.4. The number of ketones is 1. The van der Waals surface area contributed by atoms with Crippen molar-refractivity contribution >= 4 is 17.7 Å². The number of hydrogen-bond acceptors (Lipinski definition) is 5. The second-order valence-electron chi connectivity index (χ2n) is 8.52. The number of Topliss-reactive ketones (excluding diaryl/α,β-unsaturated/α-hetero) is 1. The van der Waals surface area contributed by atoms with Gasteiger partial charge < -0.3 is 20.3 Å². The summed E-state index contributed by atoms with van der Waals surface area (Å²) in [5.41, 5.74) is 8.84. The largest absolute Gasteiger partial charge is 0.488 e. The average molecular weight is 459 g/mol. The Balaban J connectivity index is 1.62. The van der Waals surface area contributed by atoms with Crippen LogP contribution in [0.25, 0.3) is 0 Å². The first-order chi connectivity index (χ1) is 16.2. The molecule has 7 heteroatoms. The maximum absolute atomic E-state index is 13.0. The number of primary amides is 1. The van der Waals surface area contributed by atoms with Crippen LogP contribution in [0.15, 0.2) is 60.7 Å². The van der Waals surface area contributed by atoms with Crippen LogP contribution in [0.2, 0.25) is 0 Å². The van der Waals surface area contributed by atoms with Crippen LogP contribution in [0, 0.1) is 0 Å². The van der Waals surface area contributed by atoms with Gasteiger partial charge in [0.15, 0.2) is 5.78 Å². The molecule has 1 unspecified atom stereocenters. The Morgan fingerprint density at radius 1 is 1.03 bits per heavy atom. The van der Waals surface area contributed by atoms with Crippen LogP contribution in [0.5, 0.6) is 11.5 Å². The number of nitrogens with two attached hydrogens (primary N) is 1. The summed E-state index contributed by atoms with van der Waals surface area (Å²) in [6.45, 7) is 4.25. The summed E-state index contributed by atoms with van der Waals surface area (Å²) in [6, 6.07) is 16.7. The molecular weight excluding hydrogens is 434 g/mol. The molecule has 7 nitrogen and oxygen atoms in total. The molecule has 0 fully saturated rings. The van der Waals surface area contributed by atoms with Crippen molar-refractivity contribution in [1.29, 1.82) is 0 Å². The topological polar surface area (TPSA) is 116 Å². The first-order valence-electron chi connectivity index (χ1n) is 11.0. The fourth-order valence-corrected chi connectivity index (χ4v) is 4.02. The number of carboxylic acids is 1. The van der Waals surface area contributed by atoms with Gasteiger partial charge in [-0.1, -0.05) is 38.1 Å². The molecule has 0 aromatic heterocycles. The van der Waals surface area contributed by atoms with Crippen LogP contribution in [0.4, 0.5) is 0 Å². The molecule has 3 aromatic carbocycles. The lowest BCUT2D eigenvalue weighted by Crippen LogP contribution is -2.22. The van der Waals surface area contributed by atoms with Crippen molar-refractivity contribution < 1.29 is 29.0 Å². The molecular formula is C27H25NO6. The molecule has 0 bridgehead atoms. The van der Waals surface area contributed by atoms with Crippen LogP contribution in [0.1, 0.15) is 80.1 Å². The maximum atomic E-state index is 13.0. The van der Waals surface area contributed by atoms with E-state index >= 15 is 0 Å². The number of carbonyl (C=O) groups is 3. The van der Waals surface area contributed by atoms with Crippen LogP contribution < -0.4 is 15.2 Å². The third-order valence-electron chi connectivity index (χ3n) is 5.83. The van der Waals surface area contributed by atoms with Crippen LogP contribution in [0.3, 0.4) is 0 Å². The molecule has 1 atom stereocenters. The van der Waals surface area contributed by atoms with Gasteiger partial charge >= 0.3 is 5.97 Å². The number of fused-ring (bicyclic) bond motifs is 1. The number of carboxylic acid groups (broad SMARTS) is 1. The fraction of sp³-hybridized carbons (Fsp3) is 0.222. The zero-order valence-electron chi connectivity index (χ0n) is 18.9. The number of benzene rings is 3. The van der Waals surface area contributed by atoms with Gasteiger partial charge in [-0.3, -0.25) is 9.59 Å². The summed E-state index contributed by atoms with van der Waals surface area (Å²) in [5.74, 6) is -0.391. The smallest absolute Gasteiger partial charge is 0.335 e. The fourth-order valence-electron chi connectivity index (χ4n) is 4.02. The van der Waals surface area contributed by atoms with Gasteiger partial charge in [-0.05, 0) is 53.4 Å². The SMILES string of the molecule is CC(C)c1c(OCc2ccc(C(=O)O)cc2)ccc2c1OC(c1ccc(C(N)=O)cc1)CC2=O. The van der Waals surface area contributed by atoms with Crippen LogP contribution in [-0.4, -0.2) is 22.8 Å². The van der Waals surface area contributed by atoms with E-state index in [1.807, 2.05) is 13.8 Å². The number of rotatable bonds is 7. The first kappa shape index (κ1) is 23.0. The van der Waals surface area contributed by atoms with Crippen molar-refractivity contribution in [1.82, 2.24) is 0 Å². The van der Waals surface area contributed by atoms with Gasteiger partial charge in [0.1, 0.15) is 24.2 Å². The third-order valence-corrected chi connectivity index (χ3v) is 5.83. The Kier molecular flexibility index (Phi) is 6.36. The van der Waals surface area contributed by atoms with E-state index in [1.54, 1.807) is 48.5 Å². The summed E-state index contributed by atoms with van der Waals surface area (Å²) in [5, 5.41) is 9.06. The van der Waals surface area contributed by atoms with Gasteiger partial charge in [0, 0.05) is 11.1 Å². The van der Waals surface area contributed by atoms with E-state index < -0.39 is 18.0 Å². The lowest BCUT2D eigenvalue weighted by molar-refractivity contribution is 0.0696. The highest BCUT2D eigenvalue weighted by atomic mass is 16.5. The second-order valence-corrected chi connectivity index (χ2v) is 8.52. The van der Waals surface area contributed by atoms with Gasteiger partial charge in [0.05, 0.1) is 17.5 Å². The highest BCUT2D eigenvalue weighted by molar-refractivity contribution is 6.01. The lowest BCUT2D eigenvalue weighted by atomic mass is 9.90. The zero-order valence-corrected chi connectivity index (χ0v) is 18.9. The normalized spacial score (nSPS) is 14.9. The van der Waals surface area contributed by atoms with E-state index in [9.17, 15) is 14.4 Å². The van der Waals surface area contributed by atoms with Gasteiger partial charge in [-0.15, -0.1) is 0 Å². The standard InChI is InChI=1S/C27H25NO6/c1-15(2)24-22(33-14-16-3-5-19(6-4-16)27(31)32)12-11-20-21(29)13-23(34-25(20)24)17-7-9-18(10-8-17)26(28)30/h3-12,15,23H,13-14H2,1-2H3,(H2,28,30)(H,31,32). The van der Waals surface area contributed by atoms with E-state index in [0.29, 0.717) is 22.6 Å². The minimum atomic E-state index is -0.982. The predicted molar refractivity (Wildman–Crippen MR) is 126 cm³/mol. The molecule has 4 rings (SSSR count). The van der Waals surface area contributed by atoms with E-state index in [0.717, 1.165) is 16.7 Å². The molecule has 1 aliphatic heterocycles. The minimum absolute atomic E-state index is 0.0168. The second kappa shape index (κ2) is 9.39. The van der Waals surface area contributed by atoms with Crippen molar-refractivity contribution in [2.45, 2.75) is 38.9 Å². The highest BCUT2D eigenvalue weighted by Crippen LogP contribution is 2.44. The lowest BCUT2D eigenvalue weighted by Gasteiger charge is -2.29. The quantitative estimate of drug-likeness (QED) is 0.520. The number of carbonyl (C=O) groups excluding carboxylic acids is 2. The zero-order chi connectivity index (χ0) is 24.4. The number of amides is 1. The molecule has 34 heavy (non-hydrogen) atoms. The third kappa shape index (κ3) is 4.64. The Hall–Kier alpha value is -4.13. The summed E-state index contributed by atoms with van der Waals surface area (Å²) >= 11 is 0. The molecule has 0 saturated heterocycles. The van der Waals surface area contributed by atoms with Crippen molar-refractivity contribution in [3.8, 4) is 11.5 Å². The van der Waals surface area contributed by atoms with Crippen LogP contribution >= 0.6 is 0 Å². The van der Waals surface area contributed by atoms with Crippen molar-refractivity contribution in [3.63, 3.8) is 0 Å². The molecule has 3 aromatic rings. The summed E-state index contributed by atoms with van der Waals surface area (Å²) in [7, 11) is 0. The highest BCUT2D eigenvalue weighted by Gasteiger charge is 2.32. The molecule has 0 saturated carbocycles. The first-order valence-corrected chi connectivity index (χ1v) is 11.0. The molecule has 1 heterocycles. The average Bonchev–Trinajstić information content (AvgIpc) is 2.82. The Morgan fingerprint density at radius 3 is 2.26 bits per heavy atom.